The molecule has 2 aromatic rings. The zero-order valence-electron chi connectivity index (χ0n) is 13.0. The molecule has 0 atom stereocenters. The molecule has 24 heavy (non-hydrogen) atoms. The molecule has 0 aliphatic rings. The molecule has 0 radical (unpaired) electrons. The normalized spacial score (nSPS) is 10.4. The van der Waals surface area contributed by atoms with Crippen molar-refractivity contribution in [2.75, 3.05) is 12.4 Å². The Morgan fingerprint density at radius 3 is 2.38 bits per heavy atom. The Hall–Kier alpha value is -3.22. The van der Waals surface area contributed by atoms with Crippen molar-refractivity contribution >= 4 is 23.7 Å². The van der Waals surface area contributed by atoms with Gasteiger partial charge in [0.2, 0.25) is 11.8 Å². The number of hydrazone groups is 1. The molecule has 2 N–H and O–H groups in total. The number of halogens is 1. The van der Waals surface area contributed by atoms with E-state index in [1.54, 1.807) is 31.4 Å². The Balaban J connectivity index is 1.78. The average molecular weight is 329 g/mol. The summed E-state index contributed by atoms with van der Waals surface area (Å²) in [5.41, 5.74) is 3.45. The Morgan fingerprint density at radius 2 is 1.75 bits per heavy atom. The number of rotatable bonds is 6. The summed E-state index contributed by atoms with van der Waals surface area (Å²) < 4.78 is 17.8. The lowest BCUT2D eigenvalue weighted by molar-refractivity contribution is -0.126. The standard InChI is InChI=1S/C17H16FN3O3/c1-24-15-8-2-12(3-9-15)11-19-21-17(23)10-16(22)20-14-6-4-13(18)5-7-14/h2-9,11H,10H2,1H3,(H,20,22)(H,21,23). The maximum absolute atomic E-state index is 12.8. The molecule has 6 nitrogen and oxygen atoms in total. The van der Waals surface area contributed by atoms with Gasteiger partial charge in [-0.1, -0.05) is 0 Å². The van der Waals surface area contributed by atoms with E-state index in [-0.39, 0.29) is 0 Å². The number of methoxy groups -OCH3 is 1. The molecular formula is C17H16FN3O3. The predicted molar refractivity (Wildman–Crippen MR) is 88.4 cm³/mol. The second-order valence-electron chi connectivity index (χ2n) is 4.80. The maximum Gasteiger partial charge on any atom is 0.249 e. The molecule has 0 fully saturated rings. The fourth-order valence-electron chi connectivity index (χ4n) is 1.79. The number of benzene rings is 2. The van der Waals surface area contributed by atoms with Gasteiger partial charge in [0.15, 0.2) is 0 Å². The van der Waals surface area contributed by atoms with E-state index in [4.69, 9.17) is 4.74 Å². The molecule has 7 heteroatoms. The number of hydrogen-bond donors (Lipinski definition) is 2. The molecule has 0 saturated heterocycles. The quantitative estimate of drug-likeness (QED) is 0.485. The van der Waals surface area contributed by atoms with Crippen molar-refractivity contribution in [1.29, 1.82) is 0 Å². The van der Waals surface area contributed by atoms with Gasteiger partial charge >= 0.3 is 0 Å². The summed E-state index contributed by atoms with van der Waals surface area (Å²) in [4.78, 5) is 23.3. The van der Waals surface area contributed by atoms with Gasteiger partial charge in [0.25, 0.3) is 0 Å². The highest BCUT2D eigenvalue weighted by Gasteiger charge is 2.08. The summed E-state index contributed by atoms with van der Waals surface area (Å²) in [6, 6.07) is 12.3. The smallest absolute Gasteiger partial charge is 0.249 e. The minimum atomic E-state index is -0.556. The van der Waals surface area contributed by atoms with Crippen molar-refractivity contribution in [2.45, 2.75) is 6.42 Å². The van der Waals surface area contributed by atoms with Gasteiger partial charge in [0.1, 0.15) is 18.0 Å². The van der Waals surface area contributed by atoms with Crippen LogP contribution in [0.4, 0.5) is 10.1 Å². The second-order valence-corrected chi connectivity index (χ2v) is 4.80. The van der Waals surface area contributed by atoms with Crippen LogP contribution in [0.1, 0.15) is 12.0 Å². The zero-order valence-corrected chi connectivity index (χ0v) is 13.0. The molecule has 0 spiro atoms. The van der Waals surface area contributed by atoms with E-state index in [9.17, 15) is 14.0 Å². The van der Waals surface area contributed by atoms with Crippen molar-refractivity contribution in [2.24, 2.45) is 5.10 Å². The summed E-state index contributed by atoms with van der Waals surface area (Å²) in [5.74, 6) is -0.759. The Morgan fingerprint density at radius 1 is 1.08 bits per heavy atom. The summed E-state index contributed by atoms with van der Waals surface area (Å²) in [6.07, 6.45) is 1.06. The van der Waals surface area contributed by atoms with Crippen molar-refractivity contribution in [3.05, 3.63) is 59.9 Å². The van der Waals surface area contributed by atoms with Crippen LogP contribution in [-0.2, 0) is 9.59 Å². The first-order valence-electron chi connectivity index (χ1n) is 7.08. The minimum Gasteiger partial charge on any atom is -0.497 e. The van der Waals surface area contributed by atoms with Crippen LogP contribution in [0.15, 0.2) is 53.6 Å². The lowest BCUT2D eigenvalue weighted by Gasteiger charge is -2.04. The summed E-state index contributed by atoms with van der Waals surface area (Å²) in [5, 5.41) is 6.26. The van der Waals surface area contributed by atoms with E-state index < -0.39 is 24.1 Å². The number of amides is 2. The number of ether oxygens (including phenoxy) is 1. The first kappa shape index (κ1) is 17.1. The van der Waals surface area contributed by atoms with E-state index in [0.29, 0.717) is 11.4 Å². The topological polar surface area (TPSA) is 79.8 Å². The predicted octanol–water partition coefficient (Wildman–Crippen LogP) is 2.31. The molecule has 2 rings (SSSR count). The molecule has 2 amide bonds. The minimum absolute atomic E-state index is 0.392. The lowest BCUT2D eigenvalue weighted by atomic mass is 10.2. The first-order chi connectivity index (χ1) is 11.6. The van der Waals surface area contributed by atoms with Crippen LogP contribution >= 0.6 is 0 Å². The number of nitrogens with zero attached hydrogens (tertiary/aromatic N) is 1. The molecule has 0 heterocycles. The van der Waals surface area contributed by atoms with Gasteiger partial charge in [-0.15, -0.1) is 0 Å². The molecule has 0 aliphatic carbocycles. The number of nitrogens with one attached hydrogen (secondary N) is 2. The number of anilines is 1. The van der Waals surface area contributed by atoms with E-state index in [2.05, 4.69) is 15.8 Å². The van der Waals surface area contributed by atoms with E-state index in [0.717, 1.165) is 5.56 Å². The van der Waals surface area contributed by atoms with E-state index >= 15 is 0 Å². The van der Waals surface area contributed by atoms with Crippen LogP contribution < -0.4 is 15.5 Å². The van der Waals surface area contributed by atoms with Crippen LogP contribution in [0, 0.1) is 5.82 Å². The molecule has 0 aliphatic heterocycles. The van der Waals surface area contributed by atoms with Crippen molar-refractivity contribution in [1.82, 2.24) is 5.43 Å². The Bertz CT molecular complexity index is 728. The molecule has 2 aromatic carbocycles. The highest BCUT2D eigenvalue weighted by molar-refractivity contribution is 6.03. The van der Waals surface area contributed by atoms with Gasteiger partial charge < -0.3 is 10.1 Å². The van der Waals surface area contributed by atoms with Crippen LogP contribution in [0.2, 0.25) is 0 Å². The first-order valence-corrected chi connectivity index (χ1v) is 7.08. The van der Waals surface area contributed by atoms with Crippen LogP contribution in [0.5, 0.6) is 5.75 Å². The van der Waals surface area contributed by atoms with Gasteiger partial charge in [0, 0.05) is 5.69 Å². The number of carbonyl (C=O) groups excluding carboxylic acids is 2. The van der Waals surface area contributed by atoms with Gasteiger partial charge in [0.05, 0.1) is 13.3 Å². The highest BCUT2D eigenvalue weighted by atomic mass is 19.1. The van der Waals surface area contributed by atoms with Crippen molar-refractivity contribution < 1.29 is 18.7 Å². The third kappa shape index (κ3) is 5.53. The Labute approximate surface area is 138 Å². The Kier molecular flexibility index (Phi) is 6.01. The van der Waals surface area contributed by atoms with Crippen molar-refractivity contribution in [3.63, 3.8) is 0 Å². The molecule has 124 valence electrons. The fourth-order valence-corrected chi connectivity index (χ4v) is 1.79. The summed E-state index contributed by atoms with van der Waals surface area (Å²) in [7, 11) is 1.57. The SMILES string of the molecule is COc1ccc(C=NNC(=O)CC(=O)Nc2ccc(F)cc2)cc1. The molecule has 0 saturated carbocycles. The number of carbonyl (C=O) groups is 2. The third-order valence-electron chi connectivity index (χ3n) is 2.97. The number of hydrogen-bond acceptors (Lipinski definition) is 4. The second kappa shape index (κ2) is 8.42. The van der Waals surface area contributed by atoms with Gasteiger partial charge in [-0.05, 0) is 54.1 Å². The monoisotopic (exact) mass is 329 g/mol. The van der Waals surface area contributed by atoms with Crippen molar-refractivity contribution in [3.8, 4) is 5.75 Å². The molecule has 0 aromatic heterocycles. The maximum atomic E-state index is 12.8. The van der Waals surface area contributed by atoms with Gasteiger partial charge in [-0.25, -0.2) is 9.82 Å². The summed E-state index contributed by atoms with van der Waals surface area (Å²) >= 11 is 0. The third-order valence-corrected chi connectivity index (χ3v) is 2.97. The largest absolute Gasteiger partial charge is 0.497 e. The van der Waals surface area contributed by atoms with E-state index in [1.165, 1.54) is 30.5 Å². The fraction of sp³-hybridized carbons (Fsp3) is 0.118. The molecule has 0 unspecified atom stereocenters. The van der Waals surface area contributed by atoms with Gasteiger partial charge in [-0.3, -0.25) is 9.59 Å². The summed E-state index contributed by atoms with van der Waals surface area (Å²) in [6.45, 7) is 0. The molecule has 0 bridgehead atoms. The lowest BCUT2D eigenvalue weighted by Crippen LogP contribution is -2.24. The average Bonchev–Trinajstić information content (AvgIpc) is 2.57. The highest BCUT2D eigenvalue weighted by Crippen LogP contribution is 2.10. The zero-order chi connectivity index (χ0) is 17.4. The molecular weight excluding hydrogens is 313 g/mol. The van der Waals surface area contributed by atoms with Crippen LogP contribution in [0.3, 0.4) is 0 Å². The van der Waals surface area contributed by atoms with Crippen LogP contribution in [0.25, 0.3) is 0 Å². The van der Waals surface area contributed by atoms with Gasteiger partial charge in [-0.2, -0.15) is 5.10 Å². The van der Waals surface area contributed by atoms with Crippen LogP contribution in [-0.4, -0.2) is 25.1 Å². The van der Waals surface area contributed by atoms with E-state index in [1.807, 2.05) is 0 Å².